The van der Waals surface area contributed by atoms with Gasteiger partial charge < -0.3 is 14.5 Å². The second-order valence-electron chi connectivity index (χ2n) is 7.61. The van der Waals surface area contributed by atoms with Gasteiger partial charge in [-0.3, -0.25) is 4.79 Å². The summed E-state index contributed by atoms with van der Waals surface area (Å²) in [6, 6.07) is 8.69. The third-order valence-corrected chi connectivity index (χ3v) is 5.62. The molecule has 0 aromatic heterocycles. The maximum Gasteiger partial charge on any atom is 0.260 e. The first-order chi connectivity index (χ1) is 11.6. The molecule has 1 N–H and O–H groups in total. The zero-order valence-corrected chi connectivity index (χ0v) is 15.1. The van der Waals surface area contributed by atoms with Gasteiger partial charge in [0.1, 0.15) is 5.75 Å². The molecular weight excluding hydrogens is 300 g/mol. The molecule has 1 aliphatic carbocycles. The van der Waals surface area contributed by atoms with Gasteiger partial charge in [0.25, 0.3) is 5.91 Å². The molecule has 4 nitrogen and oxygen atoms in total. The first-order valence-corrected chi connectivity index (χ1v) is 9.43. The summed E-state index contributed by atoms with van der Waals surface area (Å²) in [7, 11) is 0. The summed E-state index contributed by atoms with van der Waals surface area (Å²) in [5, 5.41) is 0. The quantitative estimate of drug-likeness (QED) is 0.911. The molecule has 1 amide bonds. The zero-order valence-electron chi connectivity index (χ0n) is 15.1. The van der Waals surface area contributed by atoms with Crippen molar-refractivity contribution < 1.29 is 14.4 Å². The van der Waals surface area contributed by atoms with E-state index in [1.165, 1.54) is 25.7 Å². The summed E-state index contributed by atoms with van der Waals surface area (Å²) in [5.41, 5.74) is 1.15. The lowest BCUT2D eigenvalue weighted by Crippen LogP contribution is -3.18. The molecule has 0 spiro atoms. The lowest BCUT2D eigenvalue weighted by atomic mass is 9.86. The third-order valence-electron chi connectivity index (χ3n) is 5.62. The Hall–Kier alpha value is -1.55. The van der Waals surface area contributed by atoms with Crippen LogP contribution in [0.2, 0.25) is 0 Å². The standard InChI is InChI=1S/C20H30N2O2/c1-16-5-3-7-18(13-16)21-9-11-22(12-10-21)20(23)15-24-19-8-4-6-17(2)14-19/h4,6,8,14,16,18H,3,5,7,9-13,15H2,1-2H3/p+1/t16-,18+/m1/s1. The van der Waals surface area contributed by atoms with Crippen molar-refractivity contribution in [2.45, 2.75) is 45.6 Å². The van der Waals surface area contributed by atoms with Crippen LogP contribution in [0.1, 0.15) is 38.2 Å². The van der Waals surface area contributed by atoms with Gasteiger partial charge in [-0.1, -0.05) is 25.5 Å². The Morgan fingerprint density at radius 3 is 2.79 bits per heavy atom. The highest BCUT2D eigenvalue weighted by Gasteiger charge is 2.31. The van der Waals surface area contributed by atoms with Gasteiger partial charge in [0, 0.05) is 6.42 Å². The fourth-order valence-electron chi connectivity index (χ4n) is 4.20. The van der Waals surface area contributed by atoms with Crippen LogP contribution in [0, 0.1) is 12.8 Å². The van der Waals surface area contributed by atoms with E-state index in [9.17, 15) is 4.79 Å². The number of carbonyl (C=O) groups is 1. The Morgan fingerprint density at radius 1 is 1.29 bits per heavy atom. The van der Waals surface area contributed by atoms with E-state index in [1.54, 1.807) is 4.90 Å². The molecule has 1 aromatic rings. The molecule has 1 saturated carbocycles. The van der Waals surface area contributed by atoms with Crippen LogP contribution in [0.3, 0.4) is 0 Å². The summed E-state index contributed by atoms with van der Waals surface area (Å²) in [5.74, 6) is 1.77. The van der Waals surface area contributed by atoms with Crippen molar-refractivity contribution in [1.82, 2.24) is 4.90 Å². The summed E-state index contributed by atoms with van der Waals surface area (Å²) in [6.45, 7) is 8.49. The number of carbonyl (C=O) groups excluding carboxylic acids is 1. The number of nitrogens with zero attached hydrogens (tertiary/aromatic N) is 1. The summed E-state index contributed by atoms with van der Waals surface area (Å²) >= 11 is 0. The minimum Gasteiger partial charge on any atom is -0.484 e. The Kier molecular flexibility index (Phi) is 5.77. The summed E-state index contributed by atoms with van der Waals surface area (Å²) in [6.07, 6.45) is 5.50. The van der Waals surface area contributed by atoms with Crippen molar-refractivity contribution >= 4 is 5.91 Å². The molecule has 0 bridgehead atoms. The molecule has 0 unspecified atom stereocenters. The molecular formula is C20H31N2O2+. The van der Waals surface area contributed by atoms with Gasteiger partial charge in [0.15, 0.2) is 6.61 Å². The molecule has 3 rings (SSSR count). The van der Waals surface area contributed by atoms with E-state index in [1.807, 2.05) is 36.1 Å². The van der Waals surface area contributed by atoms with E-state index >= 15 is 0 Å². The molecule has 24 heavy (non-hydrogen) atoms. The molecule has 132 valence electrons. The number of amides is 1. The minimum absolute atomic E-state index is 0.118. The van der Waals surface area contributed by atoms with Crippen LogP contribution in [0.25, 0.3) is 0 Å². The van der Waals surface area contributed by atoms with Crippen LogP contribution in [-0.2, 0) is 4.79 Å². The molecule has 1 aromatic carbocycles. The number of benzene rings is 1. The lowest BCUT2D eigenvalue weighted by molar-refractivity contribution is -0.930. The zero-order chi connectivity index (χ0) is 16.9. The number of nitrogens with one attached hydrogen (secondary N) is 1. The number of rotatable bonds is 4. The fraction of sp³-hybridized carbons (Fsp3) is 0.650. The first-order valence-electron chi connectivity index (χ1n) is 9.43. The van der Waals surface area contributed by atoms with Crippen LogP contribution in [0.4, 0.5) is 0 Å². The molecule has 2 fully saturated rings. The van der Waals surface area contributed by atoms with Gasteiger partial charge in [0.05, 0.1) is 32.2 Å². The van der Waals surface area contributed by atoms with E-state index in [4.69, 9.17) is 4.74 Å². The number of aryl methyl sites for hydroxylation is 1. The molecule has 1 saturated heterocycles. The van der Waals surface area contributed by atoms with Gasteiger partial charge in [-0.15, -0.1) is 0 Å². The van der Waals surface area contributed by atoms with Crippen LogP contribution >= 0.6 is 0 Å². The molecule has 1 aliphatic heterocycles. The molecule has 4 heteroatoms. The van der Waals surface area contributed by atoms with Gasteiger partial charge in [0.2, 0.25) is 0 Å². The van der Waals surface area contributed by atoms with Gasteiger partial charge in [-0.2, -0.15) is 0 Å². The Bertz CT molecular complexity index is 552. The largest absolute Gasteiger partial charge is 0.484 e. The topological polar surface area (TPSA) is 34.0 Å². The molecule has 2 atom stereocenters. The highest BCUT2D eigenvalue weighted by Crippen LogP contribution is 2.22. The van der Waals surface area contributed by atoms with E-state index < -0.39 is 0 Å². The van der Waals surface area contributed by atoms with Gasteiger partial charge in [-0.25, -0.2) is 0 Å². The number of piperazine rings is 1. The van der Waals surface area contributed by atoms with Crippen LogP contribution in [0.5, 0.6) is 5.75 Å². The fourth-order valence-corrected chi connectivity index (χ4v) is 4.20. The van der Waals surface area contributed by atoms with Crippen LogP contribution in [-0.4, -0.2) is 49.6 Å². The lowest BCUT2D eigenvalue weighted by Gasteiger charge is -2.39. The Morgan fingerprint density at radius 2 is 2.08 bits per heavy atom. The van der Waals surface area contributed by atoms with Gasteiger partial charge >= 0.3 is 0 Å². The van der Waals surface area contributed by atoms with E-state index in [0.717, 1.165) is 49.5 Å². The average Bonchev–Trinajstić information content (AvgIpc) is 2.60. The predicted octanol–water partition coefficient (Wildman–Crippen LogP) is 1.68. The van der Waals surface area contributed by atoms with E-state index in [0.29, 0.717) is 0 Å². The van der Waals surface area contributed by atoms with Crippen molar-refractivity contribution in [3.05, 3.63) is 29.8 Å². The van der Waals surface area contributed by atoms with Crippen molar-refractivity contribution in [2.75, 3.05) is 32.8 Å². The second kappa shape index (κ2) is 8.02. The van der Waals surface area contributed by atoms with E-state index in [2.05, 4.69) is 6.92 Å². The van der Waals surface area contributed by atoms with Crippen LogP contribution < -0.4 is 9.64 Å². The van der Waals surface area contributed by atoms with Gasteiger partial charge in [-0.05, 0) is 43.4 Å². The minimum atomic E-state index is 0.118. The van der Waals surface area contributed by atoms with Crippen molar-refractivity contribution in [3.8, 4) is 5.75 Å². The highest BCUT2D eigenvalue weighted by atomic mass is 16.5. The monoisotopic (exact) mass is 331 g/mol. The van der Waals surface area contributed by atoms with Crippen LogP contribution in [0.15, 0.2) is 24.3 Å². The molecule has 2 aliphatic rings. The second-order valence-corrected chi connectivity index (χ2v) is 7.61. The van der Waals surface area contributed by atoms with Crippen molar-refractivity contribution in [2.24, 2.45) is 5.92 Å². The van der Waals surface area contributed by atoms with Crippen molar-refractivity contribution in [1.29, 1.82) is 0 Å². The van der Waals surface area contributed by atoms with E-state index in [-0.39, 0.29) is 12.5 Å². The Labute approximate surface area is 145 Å². The Balaban J connectivity index is 1.43. The number of quaternary nitrogens is 1. The smallest absolute Gasteiger partial charge is 0.260 e. The maximum absolute atomic E-state index is 12.4. The predicted molar refractivity (Wildman–Crippen MR) is 95.4 cm³/mol. The average molecular weight is 331 g/mol. The number of hydrogen-bond donors (Lipinski definition) is 1. The third kappa shape index (κ3) is 4.50. The SMILES string of the molecule is Cc1cccc(OCC(=O)N2CC[NH+]([C@H]3CCC[C@@H](C)C3)CC2)c1. The first kappa shape index (κ1) is 17.3. The normalized spacial score (nSPS) is 25.5. The molecule has 1 heterocycles. The highest BCUT2D eigenvalue weighted by molar-refractivity contribution is 5.77. The maximum atomic E-state index is 12.4. The molecule has 0 radical (unpaired) electrons. The summed E-state index contributed by atoms with van der Waals surface area (Å²) < 4.78 is 5.66. The number of ether oxygens (including phenoxy) is 1. The summed E-state index contributed by atoms with van der Waals surface area (Å²) in [4.78, 5) is 16.1. The number of hydrogen-bond acceptors (Lipinski definition) is 2. The van der Waals surface area contributed by atoms with Crippen molar-refractivity contribution in [3.63, 3.8) is 0 Å².